The van der Waals surface area contributed by atoms with Crippen molar-refractivity contribution in [2.24, 2.45) is 5.73 Å². The van der Waals surface area contributed by atoms with E-state index < -0.39 is 0 Å². The zero-order valence-electron chi connectivity index (χ0n) is 14.5. The molecule has 0 aromatic carbocycles. The Kier molecular flexibility index (Phi) is 5.45. The Morgan fingerprint density at radius 3 is 2.72 bits per heavy atom. The van der Waals surface area contributed by atoms with E-state index in [1.807, 2.05) is 14.7 Å². The fraction of sp³-hybridized carbons (Fsp3) is 0.706. The summed E-state index contributed by atoms with van der Waals surface area (Å²) in [7, 11) is 0. The van der Waals surface area contributed by atoms with E-state index >= 15 is 0 Å². The first-order chi connectivity index (χ1) is 12.1. The minimum Gasteiger partial charge on any atom is -0.465 e. The molecule has 0 atom stereocenters. The van der Waals surface area contributed by atoms with Crippen molar-refractivity contribution in [1.82, 2.24) is 14.7 Å². The number of nitrogens with zero attached hydrogens (tertiary/aromatic N) is 3. The Bertz CT molecular complexity index is 556. The summed E-state index contributed by atoms with van der Waals surface area (Å²) >= 11 is 0. The number of nitrogens with two attached hydrogens (primary N) is 1. The maximum atomic E-state index is 12.7. The molecular formula is C17H27N5O3. The van der Waals surface area contributed by atoms with Gasteiger partial charge in [-0.2, -0.15) is 0 Å². The Hall–Kier alpha value is -2.25. The molecule has 3 N–H and O–H groups in total. The van der Waals surface area contributed by atoms with Crippen molar-refractivity contribution in [2.75, 3.05) is 32.7 Å². The molecule has 138 valence electrons. The molecule has 0 aromatic rings. The van der Waals surface area contributed by atoms with Crippen LogP contribution in [0.1, 0.15) is 32.1 Å². The zero-order chi connectivity index (χ0) is 17.8. The van der Waals surface area contributed by atoms with Gasteiger partial charge in [0.05, 0.1) is 0 Å². The lowest BCUT2D eigenvalue weighted by molar-refractivity contribution is -0.135. The molecule has 2 heterocycles. The van der Waals surface area contributed by atoms with Crippen LogP contribution < -0.4 is 5.73 Å². The highest BCUT2D eigenvalue weighted by atomic mass is 16.5. The van der Waals surface area contributed by atoms with Crippen LogP contribution in [0.3, 0.4) is 0 Å². The average Bonchev–Trinajstić information content (AvgIpc) is 3.21. The molecule has 0 bridgehead atoms. The summed E-state index contributed by atoms with van der Waals surface area (Å²) in [6, 6.07) is 0.393. The van der Waals surface area contributed by atoms with E-state index in [1.54, 1.807) is 0 Å². The number of hydrogen-bond acceptors (Lipinski definition) is 4. The van der Waals surface area contributed by atoms with Gasteiger partial charge in [0, 0.05) is 38.8 Å². The summed E-state index contributed by atoms with van der Waals surface area (Å²) in [5, 5.41) is 7.46. The lowest BCUT2D eigenvalue weighted by atomic mass is 9.92. The van der Waals surface area contributed by atoms with Gasteiger partial charge in [-0.25, -0.2) is 4.79 Å². The predicted molar refractivity (Wildman–Crippen MR) is 93.1 cm³/mol. The van der Waals surface area contributed by atoms with Crippen LogP contribution in [0, 0.1) is 5.41 Å². The SMILES string of the molecule is N=C(N)N1CC=C(CCN2CCN(C3CCC(OC=O)CC3)C2=O)C1. The molecule has 1 saturated carbocycles. The molecule has 1 saturated heterocycles. The van der Waals surface area contributed by atoms with Gasteiger partial charge in [-0.3, -0.25) is 10.2 Å². The number of amides is 2. The zero-order valence-corrected chi connectivity index (χ0v) is 14.5. The second-order valence-corrected chi connectivity index (χ2v) is 7.00. The van der Waals surface area contributed by atoms with Crippen LogP contribution in [0.25, 0.3) is 0 Å². The second-order valence-electron chi connectivity index (χ2n) is 7.00. The molecule has 0 aromatic heterocycles. The van der Waals surface area contributed by atoms with Crippen LogP contribution in [0.2, 0.25) is 0 Å². The van der Waals surface area contributed by atoms with Crippen molar-refractivity contribution in [3.05, 3.63) is 11.6 Å². The maximum Gasteiger partial charge on any atom is 0.320 e. The predicted octanol–water partition coefficient (Wildman–Crippen LogP) is 0.734. The first-order valence-electron chi connectivity index (χ1n) is 9.00. The largest absolute Gasteiger partial charge is 0.465 e. The minimum atomic E-state index is 0.0149. The number of ether oxygens (including phenoxy) is 1. The number of nitrogens with one attached hydrogen (secondary N) is 1. The van der Waals surface area contributed by atoms with Crippen molar-refractivity contribution >= 4 is 18.5 Å². The maximum absolute atomic E-state index is 12.7. The van der Waals surface area contributed by atoms with Crippen molar-refractivity contribution in [3.8, 4) is 0 Å². The van der Waals surface area contributed by atoms with Crippen LogP contribution in [0.15, 0.2) is 11.6 Å². The normalized spacial score (nSPS) is 26.8. The molecule has 0 spiro atoms. The van der Waals surface area contributed by atoms with Gasteiger partial charge in [0.15, 0.2) is 5.96 Å². The van der Waals surface area contributed by atoms with E-state index in [2.05, 4.69) is 6.08 Å². The van der Waals surface area contributed by atoms with Crippen molar-refractivity contribution in [3.63, 3.8) is 0 Å². The number of guanidine groups is 1. The molecule has 0 radical (unpaired) electrons. The number of rotatable bonds is 6. The molecule has 2 aliphatic heterocycles. The van der Waals surface area contributed by atoms with Gasteiger partial charge >= 0.3 is 6.03 Å². The summed E-state index contributed by atoms with van der Waals surface area (Å²) < 4.78 is 5.03. The molecule has 8 heteroatoms. The highest BCUT2D eigenvalue weighted by Crippen LogP contribution is 2.27. The van der Waals surface area contributed by atoms with Crippen LogP contribution in [-0.4, -0.2) is 78.0 Å². The standard InChI is InChI=1S/C17H27N5O3/c18-16(19)21-8-6-13(11-21)5-7-20-9-10-22(17(20)24)14-1-3-15(4-2-14)25-12-23/h6,12,14-15H,1-5,7-11H2,(H3,18,19). The molecule has 1 aliphatic carbocycles. The fourth-order valence-electron chi connectivity index (χ4n) is 3.98. The molecule has 0 unspecified atom stereocenters. The third-order valence-corrected chi connectivity index (χ3v) is 5.50. The first-order valence-corrected chi connectivity index (χ1v) is 9.00. The summed E-state index contributed by atoms with van der Waals surface area (Å²) in [6.07, 6.45) is 6.42. The summed E-state index contributed by atoms with van der Waals surface area (Å²) in [4.78, 5) is 28.8. The summed E-state index contributed by atoms with van der Waals surface area (Å²) in [5.41, 5.74) is 6.75. The number of carbonyl (C=O) groups is 2. The molecule has 2 amide bonds. The van der Waals surface area contributed by atoms with Gasteiger partial charge in [0.25, 0.3) is 6.47 Å². The second kappa shape index (κ2) is 7.76. The quantitative estimate of drug-likeness (QED) is 0.318. The van der Waals surface area contributed by atoms with Crippen LogP contribution in [-0.2, 0) is 9.53 Å². The summed E-state index contributed by atoms with van der Waals surface area (Å²) in [6.45, 7) is 4.18. The van der Waals surface area contributed by atoms with Gasteiger partial charge < -0.3 is 25.2 Å². The molecular weight excluding hydrogens is 322 g/mol. The van der Waals surface area contributed by atoms with E-state index in [0.29, 0.717) is 19.6 Å². The fourth-order valence-corrected chi connectivity index (χ4v) is 3.98. The molecule has 25 heavy (non-hydrogen) atoms. The van der Waals surface area contributed by atoms with Crippen LogP contribution >= 0.6 is 0 Å². The Morgan fingerprint density at radius 1 is 1.32 bits per heavy atom. The first kappa shape index (κ1) is 17.6. The molecule has 2 fully saturated rings. The van der Waals surface area contributed by atoms with E-state index in [4.69, 9.17) is 15.9 Å². The summed E-state index contributed by atoms with van der Waals surface area (Å²) in [5.74, 6) is 0.101. The molecule has 3 aliphatic rings. The van der Waals surface area contributed by atoms with Gasteiger partial charge in [-0.05, 0) is 32.1 Å². The van der Waals surface area contributed by atoms with Gasteiger partial charge in [-0.1, -0.05) is 11.6 Å². The lowest BCUT2D eigenvalue weighted by Crippen LogP contribution is -2.42. The van der Waals surface area contributed by atoms with Gasteiger partial charge in [-0.15, -0.1) is 0 Å². The Balaban J connectivity index is 1.43. The van der Waals surface area contributed by atoms with Gasteiger partial charge in [0.1, 0.15) is 6.10 Å². The highest BCUT2D eigenvalue weighted by molar-refractivity contribution is 5.77. The smallest absolute Gasteiger partial charge is 0.320 e. The third-order valence-electron chi connectivity index (χ3n) is 5.50. The van der Waals surface area contributed by atoms with Crippen LogP contribution in [0.4, 0.5) is 4.79 Å². The minimum absolute atomic E-state index is 0.0149. The third kappa shape index (κ3) is 4.05. The van der Waals surface area contributed by atoms with Crippen molar-refractivity contribution in [1.29, 1.82) is 5.41 Å². The topological polar surface area (TPSA) is 103 Å². The number of urea groups is 1. The van der Waals surface area contributed by atoms with Crippen molar-refractivity contribution < 1.29 is 14.3 Å². The van der Waals surface area contributed by atoms with E-state index in [0.717, 1.165) is 51.7 Å². The Morgan fingerprint density at radius 2 is 2.08 bits per heavy atom. The van der Waals surface area contributed by atoms with E-state index in [9.17, 15) is 9.59 Å². The molecule has 3 rings (SSSR count). The number of hydrogen-bond donors (Lipinski definition) is 2. The van der Waals surface area contributed by atoms with Gasteiger partial charge in [0.2, 0.25) is 0 Å². The van der Waals surface area contributed by atoms with E-state index in [1.165, 1.54) is 5.57 Å². The van der Waals surface area contributed by atoms with E-state index in [-0.39, 0.29) is 24.1 Å². The van der Waals surface area contributed by atoms with Crippen LogP contribution in [0.5, 0.6) is 0 Å². The average molecular weight is 349 g/mol. The highest BCUT2D eigenvalue weighted by Gasteiger charge is 2.35. The number of carbonyl (C=O) groups excluding carboxylic acids is 2. The monoisotopic (exact) mass is 349 g/mol. The lowest BCUT2D eigenvalue weighted by Gasteiger charge is -2.33. The van der Waals surface area contributed by atoms with Crippen molar-refractivity contribution in [2.45, 2.75) is 44.2 Å². The molecule has 8 nitrogen and oxygen atoms in total. The Labute approximate surface area is 148 Å².